The highest BCUT2D eigenvalue weighted by Gasteiger charge is 2.07. The lowest BCUT2D eigenvalue weighted by Gasteiger charge is -2.08. The van der Waals surface area contributed by atoms with Crippen molar-refractivity contribution in [3.05, 3.63) is 11.6 Å². The van der Waals surface area contributed by atoms with Gasteiger partial charge in [-0.05, 0) is 38.3 Å². The van der Waals surface area contributed by atoms with E-state index in [0.717, 1.165) is 31.5 Å². The van der Waals surface area contributed by atoms with Crippen molar-refractivity contribution in [2.75, 3.05) is 18.5 Å². The third kappa shape index (κ3) is 4.04. The number of rotatable bonds is 7. The van der Waals surface area contributed by atoms with Gasteiger partial charge in [0.05, 0.1) is 12.4 Å². The zero-order valence-corrected chi connectivity index (χ0v) is 11.9. The Balaban J connectivity index is 1.83. The molecule has 0 bridgehead atoms. The van der Waals surface area contributed by atoms with Gasteiger partial charge in [-0.3, -0.25) is 0 Å². The van der Waals surface area contributed by atoms with Crippen molar-refractivity contribution in [1.82, 2.24) is 19.9 Å². The van der Waals surface area contributed by atoms with E-state index < -0.39 is 0 Å². The summed E-state index contributed by atoms with van der Waals surface area (Å²) in [6.07, 6.45) is 3.88. The molecule has 0 aliphatic rings. The number of aromatic amines is 1. The maximum Gasteiger partial charge on any atom is 0.226 e. The number of unbranched alkanes of at least 4 members (excludes halogenated alkanes) is 1. The Kier molecular flexibility index (Phi) is 4.93. The van der Waals surface area contributed by atoms with E-state index in [1.165, 1.54) is 0 Å². The topological polar surface area (TPSA) is 75.7 Å². The molecule has 2 aromatic heterocycles. The van der Waals surface area contributed by atoms with Crippen LogP contribution in [0.15, 0.2) is 6.33 Å². The fourth-order valence-electron chi connectivity index (χ4n) is 1.69. The highest BCUT2D eigenvalue weighted by Crippen LogP contribution is 2.18. The molecule has 6 nitrogen and oxygen atoms in total. The lowest BCUT2D eigenvalue weighted by molar-refractivity contribution is 0.0765. The van der Waals surface area contributed by atoms with E-state index in [1.54, 1.807) is 6.33 Å². The van der Waals surface area contributed by atoms with Crippen LogP contribution in [0.3, 0.4) is 0 Å². The monoisotopic (exact) mass is 283 g/mol. The first-order valence-corrected chi connectivity index (χ1v) is 6.76. The first-order valence-electron chi connectivity index (χ1n) is 6.39. The molecule has 0 saturated carbocycles. The first kappa shape index (κ1) is 14.0. The van der Waals surface area contributed by atoms with Crippen molar-refractivity contribution in [1.29, 1.82) is 0 Å². The fraction of sp³-hybridized carbons (Fsp3) is 0.583. The van der Waals surface area contributed by atoms with Gasteiger partial charge in [0.2, 0.25) is 5.28 Å². The number of imidazole rings is 1. The van der Waals surface area contributed by atoms with Crippen LogP contribution in [0.1, 0.15) is 26.7 Å². The molecule has 2 rings (SSSR count). The van der Waals surface area contributed by atoms with Crippen LogP contribution in [-0.4, -0.2) is 39.2 Å². The molecule has 0 fully saturated rings. The van der Waals surface area contributed by atoms with Gasteiger partial charge in [0.15, 0.2) is 11.5 Å². The summed E-state index contributed by atoms with van der Waals surface area (Å²) >= 11 is 5.84. The summed E-state index contributed by atoms with van der Waals surface area (Å²) in [7, 11) is 0. The molecule has 0 amide bonds. The van der Waals surface area contributed by atoms with E-state index in [-0.39, 0.29) is 5.28 Å². The van der Waals surface area contributed by atoms with Gasteiger partial charge >= 0.3 is 0 Å². The average molecular weight is 284 g/mol. The Labute approximate surface area is 117 Å². The van der Waals surface area contributed by atoms with E-state index >= 15 is 0 Å². The van der Waals surface area contributed by atoms with Gasteiger partial charge in [0.25, 0.3) is 0 Å². The van der Waals surface area contributed by atoms with Crippen LogP contribution in [-0.2, 0) is 4.74 Å². The molecule has 2 N–H and O–H groups in total. The van der Waals surface area contributed by atoms with Gasteiger partial charge in [0, 0.05) is 13.2 Å². The second-order valence-corrected chi connectivity index (χ2v) is 4.83. The number of nitrogens with one attached hydrogen (secondary N) is 2. The second kappa shape index (κ2) is 6.68. The van der Waals surface area contributed by atoms with Crippen LogP contribution in [0.25, 0.3) is 11.2 Å². The summed E-state index contributed by atoms with van der Waals surface area (Å²) in [6.45, 7) is 5.67. The molecule has 2 aromatic rings. The SMILES string of the molecule is CC(C)OCCCCNc1nc(Cl)nc2nc[nH]c12. The molecule has 0 saturated heterocycles. The third-order valence-electron chi connectivity index (χ3n) is 2.57. The Morgan fingerprint density at radius 2 is 2.21 bits per heavy atom. The average Bonchev–Trinajstić information content (AvgIpc) is 2.80. The van der Waals surface area contributed by atoms with Gasteiger partial charge in [-0.2, -0.15) is 9.97 Å². The lowest BCUT2D eigenvalue weighted by atomic mass is 10.3. The Bertz CT molecular complexity index is 528. The number of halogens is 1. The molecular formula is C12H18ClN5O. The summed E-state index contributed by atoms with van der Waals surface area (Å²) in [4.78, 5) is 15.3. The largest absolute Gasteiger partial charge is 0.379 e. The van der Waals surface area contributed by atoms with Crippen molar-refractivity contribution in [2.45, 2.75) is 32.8 Å². The van der Waals surface area contributed by atoms with Crippen LogP contribution in [0, 0.1) is 0 Å². The maximum absolute atomic E-state index is 5.84. The summed E-state index contributed by atoms with van der Waals surface area (Å²) in [5.74, 6) is 0.692. The smallest absolute Gasteiger partial charge is 0.226 e. The van der Waals surface area contributed by atoms with Crippen LogP contribution < -0.4 is 5.32 Å². The minimum atomic E-state index is 0.199. The van der Waals surface area contributed by atoms with Crippen molar-refractivity contribution in [3.63, 3.8) is 0 Å². The molecule has 0 unspecified atom stereocenters. The van der Waals surface area contributed by atoms with Gasteiger partial charge in [-0.15, -0.1) is 0 Å². The minimum absolute atomic E-state index is 0.199. The van der Waals surface area contributed by atoms with Crippen LogP contribution >= 0.6 is 11.6 Å². The van der Waals surface area contributed by atoms with E-state index in [4.69, 9.17) is 16.3 Å². The summed E-state index contributed by atoms with van der Waals surface area (Å²) in [5, 5.41) is 3.44. The number of aromatic nitrogens is 4. The molecular weight excluding hydrogens is 266 g/mol. The van der Waals surface area contributed by atoms with Gasteiger partial charge in [0.1, 0.15) is 5.52 Å². The van der Waals surface area contributed by atoms with E-state index in [1.807, 2.05) is 13.8 Å². The zero-order valence-electron chi connectivity index (χ0n) is 11.1. The predicted molar refractivity (Wildman–Crippen MR) is 75.5 cm³/mol. The van der Waals surface area contributed by atoms with Gasteiger partial charge in [-0.1, -0.05) is 0 Å². The standard InChI is InChI=1S/C12H18ClN5O/c1-8(2)19-6-4-3-5-14-10-9-11(16-7-15-9)18-12(13)17-10/h7-8H,3-6H2,1-2H3,(H2,14,15,16,17,18). The summed E-state index contributed by atoms with van der Waals surface area (Å²) in [6, 6.07) is 0. The molecule has 104 valence electrons. The highest BCUT2D eigenvalue weighted by molar-refractivity contribution is 6.28. The molecule has 0 spiro atoms. The number of anilines is 1. The van der Waals surface area contributed by atoms with Gasteiger partial charge in [-0.25, -0.2) is 4.98 Å². The summed E-state index contributed by atoms with van der Waals surface area (Å²) in [5.41, 5.74) is 1.36. The van der Waals surface area contributed by atoms with Crippen LogP contribution in [0.2, 0.25) is 5.28 Å². The Morgan fingerprint density at radius 3 is 3.00 bits per heavy atom. The first-order chi connectivity index (χ1) is 9.16. The molecule has 0 radical (unpaired) electrons. The fourth-order valence-corrected chi connectivity index (χ4v) is 1.85. The molecule has 19 heavy (non-hydrogen) atoms. The maximum atomic E-state index is 5.84. The van der Waals surface area contributed by atoms with Crippen molar-refractivity contribution >= 4 is 28.6 Å². The summed E-state index contributed by atoms with van der Waals surface area (Å²) < 4.78 is 5.48. The number of H-pyrrole nitrogens is 1. The third-order valence-corrected chi connectivity index (χ3v) is 2.74. The van der Waals surface area contributed by atoms with Crippen LogP contribution in [0.5, 0.6) is 0 Å². The van der Waals surface area contributed by atoms with Gasteiger partial charge < -0.3 is 15.0 Å². The Morgan fingerprint density at radius 1 is 1.37 bits per heavy atom. The lowest BCUT2D eigenvalue weighted by Crippen LogP contribution is -2.08. The number of ether oxygens (including phenoxy) is 1. The number of nitrogens with zero attached hydrogens (tertiary/aromatic N) is 3. The van der Waals surface area contributed by atoms with Crippen molar-refractivity contribution < 1.29 is 4.74 Å². The number of hydrogen-bond donors (Lipinski definition) is 2. The highest BCUT2D eigenvalue weighted by atomic mass is 35.5. The number of fused-ring (bicyclic) bond motifs is 1. The molecule has 0 atom stereocenters. The molecule has 7 heteroatoms. The minimum Gasteiger partial charge on any atom is -0.379 e. The quantitative estimate of drug-likeness (QED) is 0.603. The van der Waals surface area contributed by atoms with E-state index in [9.17, 15) is 0 Å². The second-order valence-electron chi connectivity index (χ2n) is 4.50. The molecule has 2 heterocycles. The van der Waals surface area contributed by atoms with Crippen molar-refractivity contribution in [2.24, 2.45) is 0 Å². The van der Waals surface area contributed by atoms with E-state index in [2.05, 4.69) is 25.3 Å². The van der Waals surface area contributed by atoms with Crippen LogP contribution in [0.4, 0.5) is 5.82 Å². The molecule has 0 aromatic carbocycles. The predicted octanol–water partition coefficient (Wildman–Crippen LogP) is 2.62. The zero-order chi connectivity index (χ0) is 13.7. The van der Waals surface area contributed by atoms with E-state index in [0.29, 0.717) is 17.6 Å². The Hall–Kier alpha value is -1.40. The molecule has 0 aliphatic carbocycles. The molecule has 0 aliphatic heterocycles. The number of hydrogen-bond acceptors (Lipinski definition) is 5. The normalized spacial score (nSPS) is 11.4. The van der Waals surface area contributed by atoms with Crippen molar-refractivity contribution in [3.8, 4) is 0 Å².